The van der Waals surface area contributed by atoms with E-state index in [0.29, 0.717) is 5.56 Å². The van der Waals surface area contributed by atoms with Crippen LogP contribution in [0, 0.1) is 0 Å². The van der Waals surface area contributed by atoms with E-state index in [1.165, 1.54) is 0 Å². The summed E-state index contributed by atoms with van der Waals surface area (Å²) in [5.41, 5.74) is 0.483. The molecular formula is C9H9BrO3. The topological polar surface area (TPSA) is 46.5 Å². The molecule has 3 nitrogen and oxygen atoms in total. The molecule has 0 heterocycles. The summed E-state index contributed by atoms with van der Waals surface area (Å²) in [4.78, 5) is 11.2. The summed E-state index contributed by atoms with van der Waals surface area (Å²) in [7, 11) is 0. The van der Waals surface area contributed by atoms with E-state index >= 15 is 0 Å². The number of rotatable bonds is 3. The maximum atomic E-state index is 11.2. The van der Waals surface area contributed by atoms with E-state index in [2.05, 4.69) is 15.9 Å². The fourth-order valence-electron chi connectivity index (χ4n) is 0.808. The minimum Gasteiger partial charge on any atom is -0.460 e. The van der Waals surface area contributed by atoms with Crippen LogP contribution in [-0.2, 0) is 4.74 Å². The van der Waals surface area contributed by atoms with Crippen molar-refractivity contribution in [2.45, 2.75) is 0 Å². The van der Waals surface area contributed by atoms with Crippen LogP contribution in [0.5, 0.6) is 0 Å². The minimum absolute atomic E-state index is 0.0366. The summed E-state index contributed by atoms with van der Waals surface area (Å²) < 4.78 is 5.62. The first-order valence-electron chi connectivity index (χ1n) is 3.77. The maximum absolute atomic E-state index is 11.2. The SMILES string of the molecule is O=C(OCCO)c1ccc(Br)cc1. The Kier molecular flexibility index (Phi) is 3.92. The summed E-state index contributed by atoms with van der Waals surface area (Å²) in [6, 6.07) is 6.83. The molecule has 70 valence electrons. The number of hydrogen-bond acceptors (Lipinski definition) is 3. The van der Waals surface area contributed by atoms with E-state index in [1.807, 2.05) is 0 Å². The van der Waals surface area contributed by atoms with Crippen LogP contribution in [0.25, 0.3) is 0 Å². The van der Waals surface area contributed by atoms with Crippen molar-refractivity contribution in [1.29, 1.82) is 0 Å². The summed E-state index contributed by atoms with van der Waals surface area (Å²) in [6.07, 6.45) is 0. The molecule has 1 aromatic carbocycles. The number of carbonyl (C=O) groups excluding carboxylic acids is 1. The van der Waals surface area contributed by atoms with Gasteiger partial charge in [-0.2, -0.15) is 0 Å². The lowest BCUT2D eigenvalue weighted by Crippen LogP contribution is -2.08. The third-order valence-corrected chi connectivity index (χ3v) is 1.93. The molecule has 1 aromatic rings. The van der Waals surface area contributed by atoms with Crippen LogP contribution in [0.4, 0.5) is 0 Å². The van der Waals surface area contributed by atoms with Gasteiger partial charge in [-0.15, -0.1) is 0 Å². The number of aliphatic hydroxyl groups excluding tert-OH is 1. The monoisotopic (exact) mass is 244 g/mol. The van der Waals surface area contributed by atoms with Crippen LogP contribution in [0.2, 0.25) is 0 Å². The van der Waals surface area contributed by atoms with Crippen molar-refractivity contribution in [3.63, 3.8) is 0 Å². The van der Waals surface area contributed by atoms with Gasteiger partial charge in [0.25, 0.3) is 0 Å². The quantitative estimate of drug-likeness (QED) is 0.822. The Morgan fingerprint density at radius 2 is 2.00 bits per heavy atom. The molecule has 4 heteroatoms. The zero-order chi connectivity index (χ0) is 9.68. The van der Waals surface area contributed by atoms with Crippen LogP contribution >= 0.6 is 15.9 Å². The molecule has 13 heavy (non-hydrogen) atoms. The summed E-state index contributed by atoms with van der Waals surface area (Å²) in [5, 5.41) is 8.42. The lowest BCUT2D eigenvalue weighted by Gasteiger charge is -2.01. The molecule has 0 aliphatic carbocycles. The Balaban J connectivity index is 2.61. The third kappa shape index (κ3) is 3.16. The Morgan fingerprint density at radius 3 is 2.54 bits per heavy atom. The van der Waals surface area contributed by atoms with Crippen molar-refractivity contribution >= 4 is 21.9 Å². The van der Waals surface area contributed by atoms with E-state index in [1.54, 1.807) is 24.3 Å². The number of aliphatic hydroxyl groups is 1. The molecule has 0 unspecified atom stereocenters. The van der Waals surface area contributed by atoms with Gasteiger partial charge < -0.3 is 9.84 Å². The molecule has 0 saturated carbocycles. The highest BCUT2D eigenvalue weighted by Crippen LogP contribution is 2.11. The highest BCUT2D eigenvalue weighted by molar-refractivity contribution is 9.10. The van der Waals surface area contributed by atoms with Crippen molar-refractivity contribution in [3.05, 3.63) is 34.3 Å². The largest absolute Gasteiger partial charge is 0.460 e. The second kappa shape index (κ2) is 4.99. The molecule has 0 aliphatic rings. The minimum atomic E-state index is -0.415. The molecule has 0 radical (unpaired) electrons. The average Bonchev–Trinajstić information content (AvgIpc) is 2.15. The van der Waals surface area contributed by atoms with Gasteiger partial charge in [0.05, 0.1) is 12.2 Å². The zero-order valence-corrected chi connectivity index (χ0v) is 8.45. The molecule has 0 atom stereocenters. The van der Waals surface area contributed by atoms with Crippen LogP contribution < -0.4 is 0 Å². The number of ether oxygens (including phenoxy) is 1. The van der Waals surface area contributed by atoms with Gasteiger partial charge in [-0.1, -0.05) is 15.9 Å². The van der Waals surface area contributed by atoms with Crippen LogP contribution in [0.3, 0.4) is 0 Å². The zero-order valence-electron chi connectivity index (χ0n) is 6.87. The van der Waals surface area contributed by atoms with E-state index in [4.69, 9.17) is 9.84 Å². The molecule has 0 saturated heterocycles. The Morgan fingerprint density at radius 1 is 1.38 bits per heavy atom. The van der Waals surface area contributed by atoms with Gasteiger partial charge in [0.15, 0.2) is 0 Å². The molecule has 0 amide bonds. The van der Waals surface area contributed by atoms with Crippen molar-refractivity contribution in [3.8, 4) is 0 Å². The molecule has 1 rings (SSSR count). The van der Waals surface area contributed by atoms with E-state index in [-0.39, 0.29) is 13.2 Å². The van der Waals surface area contributed by atoms with Gasteiger partial charge in [0.2, 0.25) is 0 Å². The molecule has 0 aliphatic heterocycles. The lowest BCUT2D eigenvalue weighted by atomic mass is 10.2. The predicted molar refractivity (Wildman–Crippen MR) is 51.5 cm³/mol. The Labute approximate surface area is 84.5 Å². The Hall–Kier alpha value is -0.870. The first-order valence-corrected chi connectivity index (χ1v) is 4.57. The lowest BCUT2D eigenvalue weighted by molar-refractivity contribution is 0.0434. The van der Waals surface area contributed by atoms with E-state index in [9.17, 15) is 4.79 Å². The predicted octanol–water partition coefficient (Wildman–Crippen LogP) is 1.60. The van der Waals surface area contributed by atoms with Crippen molar-refractivity contribution < 1.29 is 14.6 Å². The van der Waals surface area contributed by atoms with Crippen molar-refractivity contribution in [2.24, 2.45) is 0 Å². The van der Waals surface area contributed by atoms with Gasteiger partial charge in [-0.05, 0) is 24.3 Å². The number of esters is 1. The first-order chi connectivity index (χ1) is 6.24. The number of hydrogen-bond donors (Lipinski definition) is 1. The molecule has 0 aromatic heterocycles. The fraction of sp³-hybridized carbons (Fsp3) is 0.222. The summed E-state index contributed by atoms with van der Waals surface area (Å²) in [6.45, 7) is -0.114. The summed E-state index contributed by atoms with van der Waals surface area (Å²) >= 11 is 3.26. The van der Waals surface area contributed by atoms with Crippen LogP contribution in [-0.4, -0.2) is 24.3 Å². The molecule has 0 bridgehead atoms. The number of halogens is 1. The number of benzene rings is 1. The number of carbonyl (C=O) groups is 1. The van der Waals surface area contributed by atoms with Gasteiger partial charge in [0.1, 0.15) is 6.61 Å². The van der Waals surface area contributed by atoms with Gasteiger partial charge in [-0.25, -0.2) is 4.79 Å². The average molecular weight is 245 g/mol. The maximum Gasteiger partial charge on any atom is 0.338 e. The third-order valence-electron chi connectivity index (χ3n) is 1.40. The highest BCUT2D eigenvalue weighted by Gasteiger charge is 2.05. The molecule has 1 N–H and O–H groups in total. The fourth-order valence-corrected chi connectivity index (χ4v) is 1.07. The van der Waals surface area contributed by atoms with Crippen LogP contribution in [0.1, 0.15) is 10.4 Å². The van der Waals surface area contributed by atoms with E-state index in [0.717, 1.165) is 4.47 Å². The second-order valence-electron chi connectivity index (χ2n) is 2.37. The smallest absolute Gasteiger partial charge is 0.338 e. The standard InChI is InChI=1S/C9H9BrO3/c10-8-3-1-7(2-4-8)9(12)13-6-5-11/h1-4,11H,5-6H2. The molecule has 0 fully saturated rings. The Bertz CT molecular complexity index is 281. The molecular weight excluding hydrogens is 236 g/mol. The van der Waals surface area contributed by atoms with Crippen LogP contribution in [0.15, 0.2) is 28.7 Å². The molecule has 0 spiro atoms. The first kappa shape index (κ1) is 10.2. The van der Waals surface area contributed by atoms with Gasteiger partial charge in [-0.3, -0.25) is 0 Å². The normalized spacial score (nSPS) is 9.69. The van der Waals surface area contributed by atoms with E-state index < -0.39 is 5.97 Å². The summed E-state index contributed by atoms with van der Waals surface area (Å²) in [5.74, 6) is -0.415. The van der Waals surface area contributed by atoms with Crippen molar-refractivity contribution in [2.75, 3.05) is 13.2 Å². The van der Waals surface area contributed by atoms with Gasteiger partial charge >= 0.3 is 5.97 Å². The van der Waals surface area contributed by atoms with Crippen molar-refractivity contribution in [1.82, 2.24) is 0 Å². The highest BCUT2D eigenvalue weighted by atomic mass is 79.9. The van der Waals surface area contributed by atoms with Gasteiger partial charge in [0, 0.05) is 4.47 Å². The second-order valence-corrected chi connectivity index (χ2v) is 3.28.